The molecule has 1 amide bonds. The first-order valence-corrected chi connectivity index (χ1v) is 10.1. The fourth-order valence-corrected chi connectivity index (χ4v) is 4.15. The number of amides is 1. The molecule has 2 heterocycles. The normalized spacial score (nSPS) is 18.3. The van der Waals surface area contributed by atoms with Crippen molar-refractivity contribution in [3.63, 3.8) is 0 Å². The van der Waals surface area contributed by atoms with Crippen LogP contribution in [0.4, 0.5) is 0 Å². The zero-order chi connectivity index (χ0) is 18.5. The summed E-state index contributed by atoms with van der Waals surface area (Å²) < 4.78 is 0. The first-order valence-electron chi connectivity index (χ1n) is 10.1. The molecule has 0 spiro atoms. The molecular formula is C23H29N3O. The summed E-state index contributed by atoms with van der Waals surface area (Å²) in [6, 6.07) is 19.3. The van der Waals surface area contributed by atoms with Crippen LogP contribution in [0.1, 0.15) is 23.1 Å². The molecule has 1 fully saturated rings. The van der Waals surface area contributed by atoms with Crippen molar-refractivity contribution in [2.24, 2.45) is 0 Å². The standard InChI is InChI=1S/C23H29N3O/c27-23(11-13-24-12-10-21-8-4-5-9-22(21)19-24)26-16-14-25(15-17-26)18-20-6-2-1-3-7-20/h1-9H,10-19H2. The van der Waals surface area contributed by atoms with Crippen molar-refractivity contribution < 1.29 is 4.79 Å². The van der Waals surface area contributed by atoms with E-state index in [0.717, 1.165) is 58.8 Å². The number of hydrogen-bond donors (Lipinski definition) is 0. The van der Waals surface area contributed by atoms with Crippen molar-refractivity contribution in [1.29, 1.82) is 0 Å². The zero-order valence-corrected chi connectivity index (χ0v) is 16.0. The summed E-state index contributed by atoms with van der Waals surface area (Å²) in [4.78, 5) is 19.6. The lowest BCUT2D eigenvalue weighted by Gasteiger charge is -2.35. The largest absolute Gasteiger partial charge is 0.340 e. The Bertz CT molecular complexity index is 753. The van der Waals surface area contributed by atoms with Crippen molar-refractivity contribution in [2.75, 3.05) is 39.3 Å². The van der Waals surface area contributed by atoms with Gasteiger partial charge in [0, 0.05) is 58.8 Å². The Balaban J connectivity index is 1.20. The topological polar surface area (TPSA) is 26.8 Å². The Morgan fingerprint density at radius 2 is 1.48 bits per heavy atom. The van der Waals surface area contributed by atoms with Crippen molar-refractivity contribution in [2.45, 2.75) is 25.9 Å². The molecular weight excluding hydrogens is 334 g/mol. The van der Waals surface area contributed by atoms with Gasteiger partial charge in [0.25, 0.3) is 0 Å². The first-order chi connectivity index (χ1) is 13.3. The molecule has 2 aromatic rings. The van der Waals surface area contributed by atoms with Crippen molar-refractivity contribution in [3.05, 3.63) is 71.3 Å². The van der Waals surface area contributed by atoms with Gasteiger partial charge in [0.05, 0.1) is 0 Å². The second-order valence-corrected chi connectivity index (χ2v) is 7.69. The lowest BCUT2D eigenvalue weighted by Crippen LogP contribution is -2.48. The van der Waals surface area contributed by atoms with Gasteiger partial charge < -0.3 is 4.90 Å². The highest BCUT2D eigenvalue weighted by atomic mass is 16.2. The minimum atomic E-state index is 0.313. The van der Waals surface area contributed by atoms with Crippen LogP contribution < -0.4 is 0 Å². The predicted molar refractivity (Wildman–Crippen MR) is 108 cm³/mol. The molecule has 0 saturated carbocycles. The van der Waals surface area contributed by atoms with Gasteiger partial charge in [0.15, 0.2) is 0 Å². The van der Waals surface area contributed by atoms with Crippen LogP contribution >= 0.6 is 0 Å². The van der Waals surface area contributed by atoms with E-state index in [0.29, 0.717) is 12.3 Å². The van der Waals surface area contributed by atoms with Gasteiger partial charge in [-0.3, -0.25) is 14.6 Å². The molecule has 0 aromatic heterocycles. The van der Waals surface area contributed by atoms with E-state index in [2.05, 4.69) is 69.3 Å². The van der Waals surface area contributed by atoms with Crippen LogP contribution in [0.25, 0.3) is 0 Å². The van der Waals surface area contributed by atoms with Crippen molar-refractivity contribution in [3.8, 4) is 0 Å². The van der Waals surface area contributed by atoms with E-state index in [1.165, 1.54) is 16.7 Å². The summed E-state index contributed by atoms with van der Waals surface area (Å²) in [6.45, 7) is 7.55. The maximum Gasteiger partial charge on any atom is 0.223 e. The van der Waals surface area contributed by atoms with Crippen LogP contribution in [0, 0.1) is 0 Å². The van der Waals surface area contributed by atoms with Gasteiger partial charge in [-0.15, -0.1) is 0 Å². The fraction of sp³-hybridized carbons (Fsp3) is 0.435. The van der Waals surface area contributed by atoms with E-state index in [-0.39, 0.29) is 0 Å². The Hall–Kier alpha value is -2.17. The van der Waals surface area contributed by atoms with Crippen LogP contribution in [-0.2, 0) is 24.3 Å². The minimum absolute atomic E-state index is 0.313. The lowest BCUT2D eigenvalue weighted by molar-refractivity contribution is -0.133. The van der Waals surface area contributed by atoms with E-state index in [1.807, 2.05) is 0 Å². The number of piperazine rings is 1. The first kappa shape index (κ1) is 18.2. The van der Waals surface area contributed by atoms with E-state index in [1.54, 1.807) is 0 Å². The minimum Gasteiger partial charge on any atom is -0.340 e. The summed E-state index contributed by atoms with van der Waals surface area (Å²) in [5.41, 5.74) is 4.24. The second-order valence-electron chi connectivity index (χ2n) is 7.69. The Morgan fingerprint density at radius 1 is 0.778 bits per heavy atom. The van der Waals surface area contributed by atoms with Crippen LogP contribution in [-0.4, -0.2) is 59.9 Å². The summed E-state index contributed by atoms with van der Waals surface area (Å²) in [5.74, 6) is 0.313. The molecule has 4 heteroatoms. The zero-order valence-electron chi connectivity index (χ0n) is 16.0. The number of rotatable bonds is 5. The highest BCUT2D eigenvalue weighted by molar-refractivity contribution is 5.76. The van der Waals surface area contributed by atoms with Crippen LogP contribution in [0.3, 0.4) is 0 Å². The average Bonchev–Trinajstić information content (AvgIpc) is 2.73. The van der Waals surface area contributed by atoms with E-state index < -0.39 is 0 Å². The SMILES string of the molecule is O=C(CCN1CCc2ccccc2C1)N1CCN(Cc2ccccc2)CC1. The quantitative estimate of drug-likeness (QED) is 0.817. The lowest BCUT2D eigenvalue weighted by atomic mass is 10.00. The smallest absolute Gasteiger partial charge is 0.223 e. The number of fused-ring (bicyclic) bond motifs is 1. The predicted octanol–water partition coefficient (Wildman–Crippen LogP) is 2.78. The monoisotopic (exact) mass is 363 g/mol. The number of carbonyl (C=O) groups is 1. The molecule has 1 saturated heterocycles. The number of nitrogens with zero attached hydrogens (tertiary/aromatic N) is 3. The highest BCUT2D eigenvalue weighted by Gasteiger charge is 2.22. The van der Waals surface area contributed by atoms with E-state index >= 15 is 0 Å². The highest BCUT2D eigenvalue weighted by Crippen LogP contribution is 2.18. The molecule has 0 aliphatic carbocycles. The summed E-state index contributed by atoms with van der Waals surface area (Å²) in [6.07, 6.45) is 1.74. The molecule has 0 radical (unpaired) electrons. The van der Waals surface area contributed by atoms with Crippen LogP contribution in [0.15, 0.2) is 54.6 Å². The van der Waals surface area contributed by atoms with Crippen LogP contribution in [0.5, 0.6) is 0 Å². The summed E-state index contributed by atoms with van der Waals surface area (Å²) >= 11 is 0. The fourth-order valence-electron chi connectivity index (χ4n) is 4.15. The van der Waals surface area contributed by atoms with Crippen LogP contribution in [0.2, 0.25) is 0 Å². The molecule has 0 atom stereocenters. The Labute approximate surface area is 162 Å². The van der Waals surface area contributed by atoms with Gasteiger partial charge in [-0.05, 0) is 23.1 Å². The van der Waals surface area contributed by atoms with Gasteiger partial charge in [-0.25, -0.2) is 0 Å². The third-order valence-corrected chi connectivity index (χ3v) is 5.83. The molecule has 27 heavy (non-hydrogen) atoms. The molecule has 2 aromatic carbocycles. The number of hydrogen-bond acceptors (Lipinski definition) is 3. The average molecular weight is 364 g/mol. The Morgan fingerprint density at radius 3 is 2.26 bits per heavy atom. The summed E-state index contributed by atoms with van der Waals surface area (Å²) in [5, 5.41) is 0. The maximum atomic E-state index is 12.6. The Kier molecular flexibility index (Phi) is 5.85. The van der Waals surface area contributed by atoms with Gasteiger partial charge in [0.1, 0.15) is 0 Å². The molecule has 0 bridgehead atoms. The number of carbonyl (C=O) groups excluding carboxylic acids is 1. The molecule has 2 aliphatic heterocycles. The van der Waals surface area contributed by atoms with E-state index in [9.17, 15) is 4.79 Å². The number of benzene rings is 2. The molecule has 2 aliphatic rings. The second kappa shape index (κ2) is 8.68. The van der Waals surface area contributed by atoms with Gasteiger partial charge >= 0.3 is 0 Å². The molecule has 0 unspecified atom stereocenters. The third kappa shape index (κ3) is 4.76. The van der Waals surface area contributed by atoms with Gasteiger partial charge in [0.2, 0.25) is 5.91 Å². The molecule has 142 valence electrons. The van der Waals surface area contributed by atoms with Crippen molar-refractivity contribution >= 4 is 5.91 Å². The third-order valence-electron chi connectivity index (χ3n) is 5.83. The molecule has 4 nitrogen and oxygen atoms in total. The van der Waals surface area contributed by atoms with E-state index in [4.69, 9.17) is 0 Å². The molecule has 4 rings (SSSR count). The van der Waals surface area contributed by atoms with Gasteiger partial charge in [-0.2, -0.15) is 0 Å². The summed E-state index contributed by atoms with van der Waals surface area (Å²) in [7, 11) is 0. The maximum absolute atomic E-state index is 12.6. The van der Waals surface area contributed by atoms with Gasteiger partial charge in [-0.1, -0.05) is 54.6 Å². The molecule has 0 N–H and O–H groups in total. The van der Waals surface area contributed by atoms with Crippen molar-refractivity contribution in [1.82, 2.24) is 14.7 Å².